The molecule has 2 heterocycles. The fourth-order valence-electron chi connectivity index (χ4n) is 3.94. The second-order valence-electron chi connectivity index (χ2n) is 8.86. The first-order chi connectivity index (χ1) is 14.9. The third-order valence-electron chi connectivity index (χ3n) is 5.48. The van der Waals surface area contributed by atoms with Crippen LogP contribution in [0.4, 0.5) is 0 Å². The van der Waals surface area contributed by atoms with Gasteiger partial charge in [0, 0.05) is 31.5 Å². The van der Waals surface area contributed by atoms with E-state index < -0.39 is 0 Å². The highest BCUT2D eigenvalue weighted by atomic mass is 16.4. The summed E-state index contributed by atoms with van der Waals surface area (Å²) >= 11 is 0. The Hall–Kier alpha value is -3.28. The highest BCUT2D eigenvalue weighted by molar-refractivity contribution is 5.77. The van der Waals surface area contributed by atoms with Crippen LogP contribution in [0.2, 0.25) is 0 Å². The van der Waals surface area contributed by atoms with E-state index in [-0.39, 0.29) is 5.41 Å². The van der Waals surface area contributed by atoms with Gasteiger partial charge < -0.3 is 4.42 Å². The molecule has 4 rings (SSSR count). The van der Waals surface area contributed by atoms with Crippen LogP contribution >= 0.6 is 0 Å². The molecule has 6 heteroatoms. The molecule has 6 nitrogen and oxygen atoms in total. The first-order valence-electron chi connectivity index (χ1n) is 10.7. The summed E-state index contributed by atoms with van der Waals surface area (Å²) in [6, 6.07) is 18.9. The van der Waals surface area contributed by atoms with Gasteiger partial charge in [0.1, 0.15) is 11.4 Å². The standard InChI is InChI=1S/C25H29N5O/c1-18-26-27-22(31-18)17-25(2,3)15-9-11-19-10-8-14-21(16-19)24-23(28-30(4)29-24)20-12-6-5-7-13-20/h5-8,10,12-14,16H,9,11,15,17H2,1-4H3. The fourth-order valence-corrected chi connectivity index (χ4v) is 3.94. The molecule has 2 aromatic carbocycles. The maximum absolute atomic E-state index is 5.56. The quantitative estimate of drug-likeness (QED) is 0.384. The van der Waals surface area contributed by atoms with E-state index in [4.69, 9.17) is 4.42 Å². The van der Waals surface area contributed by atoms with Crippen molar-refractivity contribution in [1.82, 2.24) is 25.2 Å². The predicted molar refractivity (Wildman–Crippen MR) is 121 cm³/mol. The lowest BCUT2D eigenvalue weighted by atomic mass is 9.83. The lowest BCUT2D eigenvalue weighted by molar-refractivity contribution is 0.289. The Balaban J connectivity index is 1.45. The predicted octanol–water partition coefficient (Wildman–Crippen LogP) is 5.43. The van der Waals surface area contributed by atoms with Crippen molar-refractivity contribution in [2.24, 2.45) is 12.5 Å². The van der Waals surface area contributed by atoms with E-state index in [9.17, 15) is 0 Å². The first kappa shape index (κ1) is 21.0. The molecule has 0 aliphatic carbocycles. The molecular weight excluding hydrogens is 386 g/mol. The SMILES string of the molecule is Cc1nnc(CC(C)(C)CCCc2cccc(-c3nn(C)nc3-c3ccccc3)c2)o1. The van der Waals surface area contributed by atoms with Gasteiger partial charge in [-0.3, -0.25) is 0 Å². The molecule has 0 bridgehead atoms. The third kappa shape index (κ3) is 5.26. The molecule has 31 heavy (non-hydrogen) atoms. The van der Waals surface area contributed by atoms with Gasteiger partial charge >= 0.3 is 0 Å². The zero-order valence-electron chi connectivity index (χ0n) is 18.7. The van der Waals surface area contributed by atoms with E-state index in [1.165, 1.54) is 5.56 Å². The second-order valence-corrected chi connectivity index (χ2v) is 8.86. The van der Waals surface area contributed by atoms with Gasteiger partial charge in [0.05, 0.1) is 0 Å². The van der Waals surface area contributed by atoms with Crippen molar-refractivity contribution in [1.29, 1.82) is 0 Å². The minimum atomic E-state index is 0.113. The number of hydrogen-bond donors (Lipinski definition) is 0. The Morgan fingerprint density at radius 1 is 0.903 bits per heavy atom. The molecule has 0 saturated carbocycles. The van der Waals surface area contributed by atoms with Gasteiger partial charge in [-0.15, -0.1) is 10.2 Å². The maximum atomic E-state index is 5.56. The Morgan fingerprint density at radius 2 is 1.61 bits per heavy atom. The van der Waals surface area contributed by atoms with Crippen molar-refractivity contribution in [2.45, 2.75) is 46.5 Å². The van der Waals surface area contributed by atoms with Crippen LogP contribution in [0.25, 0.3) is 22.5 Å². The van der Waals surface area contributed by atoms with Crippen LogP contribution in [0.1, 0.15) is 44.0 Å². The maximum Gasteiger partial charge on any atom is 0.217 e. The van der Waals surface area contributed by atoms with Gasteiger partial charge in [-0.2, -0.15) is 15.0 Å². The molecule has 0 aliphatic rings. The zero-order chi connectivity index (χ0) is 21.8. The van der Waals surface area contributed by atoms with Crippen molar-refractivity contribution >= 4 is 0 Å². The van der Waals surface area contributed by atoms with Gasteiger partial charge in [0.2, 0.25) is 11.8 Å². The smallest absolute Gasteiger partial charge is 0.217 e. The topological polar surface area (TPSA) is 69.6 Å². The molecular formula is C25H29N5O. The number of benzene rings is 2. The summed E-state index contributed by atoms with van der Waals surface area (Å²) in [5.41, 5.74) is 5.44. The van der Waals surface area contributed by atoms with Crippen molar-refractivity contribution in [3.8, 4) is 22.5 Å². The van der Waals surface area contributed by atoms with Gasteiger partial charge in [0.25, 0.3) is 0 Å². The van der Waals surface area contributed by atoms with Crippen molar-refractivity contribution in [2.75, 3.05) is 0 Å². The third-order valence-corrected chi connectivity index (χ3v) is 5.48. The molecule has 0 radical (unpaired) electrons. The van der Waals surface area contributed by atoms with E-state index in [2.05, 4.69) is 70.6 Å². The van der Waals surface area contributed by atoms with Gasteiger partial charge in [-0.25, -0.2) is 0 Å². The Kier molecular flexibility index (Phi) is 5.98. The molecule has 0 saturated heterocycles. The number of aryl methyl sites for hydroxylation is 3. The Bertz CT molecular complexity index is 1140. The summed E-state index contributed by atoms with van der Waals surface area (Å²) < 4.78 is 5.56. The number of nitrogens with zero attached hydrogens (tertiary/aromatic N) is 5. The van der Waals surface area contributed by atoms with Crippen molar-refractivity contribution in [3.63, 3.8) is 0 Å². The highest BCUT2D eigenvalue weighted by Gasteiger charge is 2.21. The molecule has 2 aromatic heterocycles. The Labute approximate surface area is 183 Å². The first-order valence-corrected chi connectivity index (χ1v) is 10.7. The van der Waals surface area contributed by atoms with Gasteiger partial charge in [-0.1, -0.05) is 62.4 Å². The minimum Gasteiger partial charge on any atom is -0.426 e. The number of aromatic nitrogens is 5. The van der Waals surface area contributed by atoms with Crippen molar-refractivity contribution < 1.29 is 4.42 Å². The van der Waals surface area contributed by atoms with E-state index in [1.807, 2.05) is 32.2 Å². The largest absolute Gasteiger partial charge is 0.426 e. The molecule has 0 unspecified atom stereocenters. The molecule has 0 amide bonds. The molecule has 0 spiro atoms. The van der Waals surface area contributed by atoms with Crippen LogP contribution in [-0.4, -0.2) is 25.2 Å². The minimum absolute atomic E-state index is 0.113. The average molecular weight is 416 g/mol. The summed E-state index contributed by atoms with van der Waals surface area (Å²) in [4.78, 5) is 1.64. The summed E-state index contributed by atoms with van der Waals surface area (Å²) in [7, 11) is 1.87. The van der Waals surface area contributed by atoms with Crippen LogP contribution in [0.5, 0.6) is 0 Å². The van der Waals surface area contributed by atoms with Gasteiger partial charge in [0.15, 0.2) is 0 Å². The fraction of sp³-hybridized carbons (Fsp3) is 0.360. The monoisotopic (exact) mass is 415 g/mol. The van der Waals surface area contributed by atoms with Crippen LogP contribution in [0, 0.1) is 12.3 Å². The molecule has 4 aromatic rings. The van der Waals surface area contributed by atoms with Gasteiger partial charge in [-0.05, 0) is 36.3 Å². The summed E-state index contributed by atoms with van der Waals surface area (Å²) in [5.74, 6) is 1.35. The second kappa shape index (κ2) is 8.84. The lowest BCUT2D eigenvalue weighted by Gasteiger charge is -2.22. The number of rotatable bonds is 8. The van der Waals surface area contributed by atoms with Crippen molar-refractivity contribution in [3.05, 3.63) is 71.9 Å². The summed E-state index contributed by atoms with van der Waals surface area (Å²) in [5, 5.41) is 17.3. The van der Waals surface area contributed by atoms with E-state index in [0.717, 1.165) is 54.1 Å². The molecule has 0 N–H and O–H groups in total. The normalized spacial score (nSPS) is 11.7. The van der Waals surface area contributed by atoms with Crippen LogP contribution in [0.15, 0.2) is 59.0 Å². The molecule has 160 valence electrons. The van der Waals surface area contributed by atoms with E-state index in [0.29, 0.717) is 5.89 Å². The molecule has 0 fully saturated rings. The highest BCUT2D eigenvalue weighted by Crippen LogP contribution is 2.31. The average Bonchev–Trinajstić information content (AvgIpc) is 3.33. The zero-order valence-corrected chi connectivity index (χ0v) is 18.7. The summed E-state index contributed by atoms with van der Waals surface area (Å²) in [6.45, 7) is 6.35. The van der Waals surface area contributed by atoms with E-state index in [1.54, 1.807) is 4.80 Å². The van der Waals surface area contributed by atoms with Crippen LogP contribution < -0.4 is 0 Å². The number of hydrogen-bond acceptors (Lipinski definition) is 5. The Morgan fingerprint density at radius 3 is 2.32 bits per heavy atom. The summed E-state index contributed by atoms with van der Waals surface area (Å²) in [6.07, 6.45) is 3.99. The molecule has 0 aliphatic heterocycles. The van der Waals surface area contributed by atoms with Crippen LogP contribution in [0.3, 0.4) is 0 Å². The van der Waals surface area contributed by atoms with Crippen LogP contribution in [-0.2, 0) is 19.9 Å². The van der Waals surface area contributed by atoms with E-state index >= 15 is 0 Å². The lowest BCUT2D eigenvalue weighted by Crippen LogP contribution is -2.15. The molecule has 0 atom stereocenters.